The summed E-state index contributed by atoms with van der Waals surface area (Å²) in [6.45, 7) is 5.21. The van der Waals surface area contributed by atoms with Gasteiger partial charge in [-0.1, -0.05) is 6.92 Å². The summed E-state index contributed by atoms with van der Waals surface area (Å²) in [4.78, 5) is 6.52. The number of morpholine rings is 1. The van der Waals surface area contributed by atoms with Gasteiger partial charge in [0.2, 0.25) is 10.0 Å². The van der Waals surface area contributed by atoms with Crippen molar-refractivity contribution in [1.82, 2.24) is 14.5 Å². The number of nitrogens with one attached hydrogen (secondary N) is 2. The smallest absolute Gasteiger partial charge is 0.414 e. The zero-order chi connectivity index (χ0) is 28.7. The highest BCUT2D eigenvalue weighted by atomic mass is 32.2. The SMILES string of the molecule is CCC1(N)C=C(Nc2ccc(S(=O)(=O)N3CCC(N4CCOCC4)CC3)cc2OC)NC2=NCC(C(F)(F)F)=C21. The van der Waals surface area contributed by atoms with E-state index in [2.05, 4.69) is 20.5 Å². The standard InChI is InChI=1S/C26H35F3N6O4S/c1-3-25(30)15-22(33-24-23(25)19(16-31-24)26(27,28)29)32-20-5-4-18(14-21(20)38-2)40(36,37)35-8-6-17(7-9-35)34-10-12-39-13-11-34/h4-5,14-15,17,32H,3,6-13,16,30H2,1-2H3,(H,31,33). The van der Waals surface area contributed by atoms with Crippen molar-refractivity contribution in [2.24, 2.45) is 10.7 Å². The quantitative estimate of drug-likeness (QED) is 0.447. The maximum Gasteiger partial charge on any atom is 0.414 e. The molecule has 1 aromatic rings. The summed E-state index contributed by atoms with van der Waals surface area (Å²) < 4.78 is 80.2. The molecule has 1 atom stereocenters. The molecule has 2 fully saturated rings. The van der Waals surface area contributed by atoms with Gasteiger partial charge in [-0.2, -0.15) is 17.5 Å². The van der Waals surface area contributed by atoms with E-state index in [0.29, 0.717) is 43.9 Å². The van der Waals surface area contributed by atoms with Gasteiger partial charge in [0.15, 0.2) is 0 Å². The Morgan fingerprint density at radius 1 is 1.23 bits per heavy atom. The van der Waals surface area contributed by atoms with Crippen molar-refractivity contribution in [3.63, 3.8) is 0 Å². The highest BCUT2D eigenvalue weighted by Gasteiger charge is 2.47. The second-order valence-corrected chi connectivity index (χ2v) is 12.3. The fourth-order valence-corrected chi connectivity index (χ4v) is 7.24. The minimum atomic E-state index is -4.54. The van der Waals surface area contributed by atoms with Gasteiger partial charge in [-0.15, -0.1) is 0 Å². The Labute approximate surface area is 232 Å². The van der Waals surface area contributed by atoms with Crippen molar-refractivity contribution < 1.29 is 31.1 Å². The number of halogens is 3. The van der Waals surface area contributed by atoms with Crippen LogP contribution < -0.4 is 21.1 Å². The van der Waals surface area contributed by atoms with Crippen molar-refractivity contribution in [3.05, 3.63) is 41.2 Å². The molecule has 220 valence electrons. The van der Waals surface area contributed by atoms with E-state index in [1.54, 1.807) is 13.0 Å². The number of ether oxygens (including phenoxy) is 2. The molecule has 10 nitrogen and oxygen atoms in total. The Kier molecular flexibility index (Phi) is 7.92. The fourth-order valence-electron chi connectivity index (χ4n) is 5.75. The first-order chi connectivity index (χ1) is 19.0. The number of hydrogen-bond acceptors (Lipinski definition) is 9. The molecule has 1 unspecified atom stereocenters. The topological polar surface area (TPSA) is 122 Å². The van der Waals surface area contributed by atoms with E-state index in [4.69, 9.17) is 15.2 Å². The molecule has 0 radical (unpaired) electrons. The van der Waals surface area contributed by atoms with E-state index >= 15 is 0 Å². The number of nitrogens with two attached hydrogens (primary N) is 1. The third kappa shape index (κ3) is 5.47. The molecule has 2 saturated heterocycles. The molecule has 0 spiro atoms. The summed E-state index contributed by atoms with van der Waals surface area (Å²) in [5.74, 6) is 0.659. The van der Waals surface area contributed by atoms with Crippen LogP contribution in [0.2, 0.25) is 0 Å². The molecule has 0 bridgehead atoms. The number of amidine groups is 1. The summed E-state index contributed by atoms with van der Waals surface area (Å²) in [6, 6.07) is 4.86. The normalized spacial score (nSPS) is 25.2. The Hall–Kier alpha value is -2.65. The van der Waals surface area contributed by atoms with Gasteiger partial charge in [-0.25, -0.2) is 8.42 Å². The largest absolute Gasteiger partial charge is 0.495 e. The van der Waals surface area contributed by atoms with Crippen LogP contribution in [0.3, 0.4) is 0 Å². The maximum atomic E-state index is 13.6. The molecule has 0 saturated carbocycles. The number of alkyl halides is 3. The predicted octanol–water partition coefficient (Wildman–Crippen LogP) is 2.42. The third-order valence-corrected chi connectivity index (χ3v) is 9.94. The van der Waals surface area contributed by atoms with Crippen molar-refractivity contribution in [3.8, 4) is 5.75 Å². The number of aliphatic imine (C=N–C) groups is 1. The van der Waals surface area contributed by atoms with Gasteiger partial charge in [0, 0.05) is 43.9 Å². The summed E-state index contributed by atoms with van der Waals surface area (Å²) >= 11 is 0. The number of fused-ring (bicyclic) bond motifs is 1. The highest BCUT2D eigenvalue weighted by Crippen LogP contribution is 2.40. The van der Waals surface area contributed by atoms with Crippen LogP contribution in [0.25, 0.3) is 0 Å². The molecular formula is C26H35F3N6O4S. The van der Waals surface area contributed by atoms with Crippen LogP contribution in [0, 0.1) is 0 Å². The number of sulfonamides is 1. The molecule has 0 aromatic heterocycles. The van der Waals surface area contributed by atoms with E-state index in [0.717, 1.165) is 25.9 Å². The number of benzene rings is 1. The lowest BCUT2D eigenvalue weighted by Crippen LogP contribution is -2.51. The summed E-state index contributed by atoms with van der Waals surface area (Å²) in [6.07, 6.45) is -1.32. The van der Waals surface area contributed by atoms with Crippen molar-refractivity contribution >= 4 is 21.5 Å². The van der Waals surface area contributed by atoms with Gasteiger partial charge in [0.25, 0.3) is 0 Å². The predicted molar refractivity (Wildman–Crippen MR) is 145 cm³/mol. The van der Waals surface area contributed by atoms with E-state index < -0.39 is 33.9 Å². The molecular weight excluding hydrogens is 549 g/mol. The van der Waals surface area contributed by atoms with Gasteiger partial charge in [-0.3, -0.25) is 9.89 Å². The monoisotopic (exact) mass is 584 g/mol. The van der Waals surface area contributed by atoms with Crippen molar-refractivity contribution in [2.75, 3.05) is 58.4 Å². The van der Waals surface area contributed by atoms with Crippen LogP contribution >= 0.6 is 0 Å². The first-order valence-corrected chi connectivity index (χ1v) is 14.8. The lowest BCUT2D eigenvalue weighted by molar-refractivity contribution is -0.0927. The van der Waals surface area contributed by atoms with Crippen molar-refractivity contribution in [1.29, 1.82) is 0 Å². The second-order valence-electron chi connectivity index (χ2n) is 10.4. The van der Waals surface area contributed by atoms with E-state index in [1.807, 2.05) is 0 Å². The van der Waals surface area contributed by atoms with Crippen LogP contribution in [-0.4, -0.2) is 94.3 Å². The van der Waals surface area contributed by atoms with Crippen LogP contribution in [0.4, 0.5) is 18.9 Å². The number of anilines is 1. The number of nitrogens with zero attached hydrogens (tertiary/aromatic N) is 3. The minimum absolute atomic E-state index is 0.0566. The molecule has 14 heteroatoms. The average Bonchev–Trinajstić information content (AvgIpc) is 3.40. The first kappa shape index (κ1) is 28.9. The minimum Gasteiger partial charge on any atom is -0.495 e. The number of rotatable bonds is 7. The summed E-state index contributed by atoms with van der Waals surface area (Å²) in [5, 5.41) is 6.00. The molecule has 4 aliphatic heterocycles. The maximum absolute atomic E-state index is 13.6. The molecule has 1 aromatic carbocycles. The van der Waals surface area contributed by atoms with Crippen LogP contribution in [0.1, 0.15) is 26.2 Å². The zero-order valence-corrected chi connectivity index (χ0v) is 23.4. The lowest BCUT2D eigenvalue weighted by atomic mass is 9.82. The third-order valence-electron chi connectivity index (χ3n) is 8.05. The van der Waals surface area contributed by atoms with Gasteiger partial charge in [0.1, 0.15) is 17.4 Å². The average molecular weight is 585 g/mol. The Morgan fingerprint density at radius 3 is 2.55 bits per heavy atom. The number of hydrogen-bond donors (Lipinski definition) is 3. The Morgan fingerprint density at radius 2 is 1.93 bits per heavy atom. The molecule has 0 aliphatic carbocycles. The molecule has 40 heavy (non-hydrogen) atoms. The van der Waals surface area contributed by atoms with E-state index in [1.165, 1.54) is 29.6 Å². The number of methoxy groups -OCH3 is 1. The van der Waals surface area contributed by atoms with Gasteiger partial charge in [0.05, 0.1) is 48.6 Å². The van der Waals surface area contributed by atoms with Crippen LogP contribution in [0.5, 0.6) is 5.75 Å². The lowest BCUT2D eigenvalue weighted by Gasteiger charge is -2.39. The molecule has 0 amide bonds. The fraction of sp³-hybridized carbons (Fsp3) is 0.577. The first-order valence-electron chi connectivity index (χ1n) is 13.4. The second kappa shape index (κ2) is 11.0. The van der Waals surface area contributed by atoms with Crippen LogP contribution in [0.15, 0.2) is 51.1 Å². The zero-order valence-electron chi connectivity index (χ0n) is 22.6. The Bertz CT molecular complexity index is 1330. The molecule has 4 aliphatic rings. The van der Waals surface area contributed by atoms with Gasteiger partial charge < -0.3 is 25.8 Å². The number of piperidine rings is 1. The highest BCUT2D eigenvalue weighted by molar-refractivity contribution is 7.89. The van der Waals surface area contributed by atoms with Crippen LogP contribution in [-0.2, 0) is 14.8 Å². The summed E-state index contributed by atoms with van der Waals surface area (Å²) in [5.41, 5.74) is 4.67. The molecule has 4 heterocycles. The van der Waals surface area contributed by atoms with Gasteiger partial charge >= 0.3 is 6.18 Å². The summed E-state index contributed by atoms with van der Waals surface area (Å²) in [7, 11) is -2.33. The van der Waals surface area contributed by atoms with Gasteiger partial charge in [-0.05, 0) is 37.5 Å². The van der Waals surface area contributed by atoms with E-state index in [-0.39, 0.29) is 28.5 Å². The molecule has 4 N–H and O–H groups in total. The molecule has 5 rings (SSSR count). The van der Waals surface area contributed by atoms with Crippen molar-refractivity contribution in [2.45, 2.75) is 48.8 Å². The van der Waals surface area contributed by atoms with E-state index in [9.17, 15) is 21.6 Å². The Balaban J connectivity index is 1.33.